The van der Waals surface area contributed by atoms with E-state index in [0.717, 1.165) is 46.2 Å². The zero-order chi connectivity index (χ0) is 21.8. The Hall–Kier alpha value is -2.89. The Balaban J connectivity index is 1.13. The van der Waals surface area contributed by atoms with E-state index in [0.29, 0.717) is 5.89 Å². The fraction of sp³-hybridized carbons (Fsp3) is 0.370. The van der Waals surface area contributed by atoms with Gasteiger partial charge < -0.3 is 19.0 Å². The minimum absolute atomic E-state index is 0.657. The molecule has 0 N–H and O–H groups in total. The van der Waals surface area contributed by atoms with E-state index in [1.165, 1.54) is 45.6 Å². The number of rotatable bonds is 8. The van der Waals surface area contributed by atoms with Crippen molar-refractivity contribution in [2.45, 2.75) is 19.3 Å². The Bertz CT molecular complexity index is 1140. The number of unbranched alkanes of at least 4 members (excludes halogenated alkanes) is 2. The van der Waals surface area contributed by atoms with Crippen LogP contribution in [-0.2, 0) is 0 Å². The first-order valence-electron chi connectivity index (χ1n) is 11.7. The number of piperazine rings is 1. The fourth-order valence-corrected chi connectivity index (χ4v) is 4.32. The topological polar surface area (TPSA) is 41.7 Å². The molecule has 0 amide bonds. The number of oxazole rings is 1. The fourth-order valence-electron chi connectivity index (χ4n) is 4.32. The molecular formula is C27H31N3O2. The van der Waals surface area contributed by atoms with Gasteiger partial charge in [0.25, 0.3) is 0 Å². The highest BCUT2D eigenvalue weighted by Gasteiger charge is 2.12. The second-order valence-corrected chi connectivity index (χ2v) is 8.76. The lowest BCUT2D eigenvalue weighted by molar-refractivity contribution is 0.151. The van der Waals surface area contributed by atoms with Crippen molar-refractivity contribution < 1.29 is 9.15 Å². The van der Waals surface area contributed by atoms with Crippen LogP contribution in [0.15, 0.2) is 65.1 Å². The van der Waals surface area contributed by atoms with Crippen molar-refractivity contribution >= 4 is 21.9 Å². The van der Waals surface area contributed by atoms with Gasteiger partial charge in [-0.3, -0.25) is 0 Å². The first kappa shape index (κ1) is 21.0. The smallest absolute Gasteiger partial charge is 0.227 e. The van der Waals surface area contributed by atoms with Crippen molar-refractivity contribution in [1.82, 2.24) is 14.8 Å². The molecule has 0 atom stereocenters. The maximum Gasteiger partial charge on any atom is 0.227 e. The molecule has 0 spiro atoms. The molecule has 1 saturated heterocycles. The van der Waals surface area contributed by atoms with Gasteiger partial charge in [-0.2, -0.15) is 0 Å². The molecule has 5 heteroatoms. The van der Waals surface area contributed by atoms with E-state index < -0.39 is 0 Å². The molecular weight excluding hydrogens is 398 g/mol. The largest absolute Gasteiger partial charge is 0.494 e. The van der Waals surface area contributed by atoms with Gasteiger partial charge in [-0.1, -0.05) is 24.3 Å². The highest BCUT2D eigenvalue weighted by Crippen LogP contribution is 2.29. The Kier molecular flexibility index (Phi) is 6.37. The van der Waals surface area contributed by atoms with Crippen LogP contribution >= 0.6 is 0 Å². The number of ether oxygens (including phenoxy) is 1. The maximum absolute atomic E-state index is 6.02. The van der Waals surface area contributed by atoms with Crippen LogP contribution in [0.3, 0.4) is 0 Å². The molecule has 2 heterocycles. The third-order valence-corrected chi connectivity index (χ3v) is 6.34. The van der Waals surface area contributed by atoms with Crippen LogP contribution in [0.1, 0.15) is 19.3 Å². The summed E-state index contributed by atoms with van der Waals surface area (Å²) in [4.78, 5) is 9.60. The molecule has 1 aliphatic heterocycles. The molecule has 5 nitrogen and oxygen atoms in total. The number of benzene rings is 3. The molecule has 4 aromatic rings. The van der Waals surface area contributed by atoms with Gasteiger partial charge in [0.2, 0.25) is 5.89 Å². The van der Waals surface area contributed by atoms with Crippen molar-refractivity contribution in [3.8, 4) is 17.2 Å². The van der Waals surface area contributed by atoms with E-state index in [1.54, 1.807) is 0 Å². The average Bonchev–Trinajstić information content (AvgIpc) is 3.26. The molecule has 32 heavy (non-hydrogen) atoms. The van der Waals surface area contributed by atoms with Gasteiger partial charge >= 0.3 is 0 Å². The summed E-state index contributed by atoms with van der Waals surface area (Å²) in [5.41, 5.74) is 2.69. The lowest BCUT2D eigenvalue weighted by atomic mass is 10.1. The van der Waals surface area contributed by atoms with Crippen molar-refractivity contribution in [3.05, 3.63) is 60.7 Å². The van der Waals surface area contributed by atoms with Crippen LogP contribution in [0.4, 0.5) is 0 Å². The SMILES string of the molecule is CN1CCN(CCCCCOc2ccc3cc(-c4nc5ccccc5o4)ccc3c2)CC1. The van der Waals surface area contributed by atoms with E-state index in [4.69, 9.17) is 9.15 Å². The van der Waals surface area contributed by atoms with E-state index in [9.17, 15) is 0 Å². The Morgan fingerprint density at radius 1 is 0.875 bits per heavy atom. The lowest BCUT2D eigenvalue weighted by Crippen LogP contribution is -2.44. The standard InChI is InChI=1S/C27H31N3O2/c1-29-14-16-30(17-15-29)13-5-2-6-18-31-24-12-11-21-19-23(10-9-22(21)20-24)27-28-25-7-3-4-8-26(25)32-27/h3-4,7-12,19-20H,2,5-6,13-18H2,1H3. The molecule has 0 bridgehead atoms. The number of likely N-dealkylation sites (N-methyl/N-ethyl adjacent to an activating group) is 1. The molecule has 166 valence electrons. The van der Waals surface area contributed by atoms with Crippen LogP contribution in [0.2, 0.25) is 0 Å². The normalized spacial score (nSPS) is 15.5. The van der Waals surface area contributed by atoms with E-state index >= 15 is 0 Å². The first-order chi connectivity index (χ1) is 15.7. The molecule has 0 radical (unpaired) electrons. The molecule has 0 saturated carbocycles. The van der Waals surface area contributed by atoms with Gasteiger partial charge in [-0.15, -0.1) is 0 Å². The van der Waals surface area contributed by atoms with Crippen LogP contribution < -0.4 is 4.74 Å². The molecule has 0 aliphatic carbocycles. The average molecular weight is 430 g/mol. The van der Waals surface area contributed by atoms with Gasteiger partial charge in [0, 0.05) is 31.7 Å². The number of fused-ring (bicyclic) bond motifs is 2. The van der Waals surface area contributed by atoms with Crippen molar-refractivity contribution in [2.24, 2.45) is 0 Å². The van der Waals surface area contributed by atoms with Crippen molar-refractivity contribution in [1.29, 1.82) is 0 Å². The van der Waals surface area contributed by atoms with Crippen molar-refractivity contribution in [2.75, 3.05) is 46.4 Å². The summed E-state index contributed by atoms with van der Waals surface area (Å²) in [6.45, 7) is 6.79. The van der Waals surface area contributed by atoms with Gasteiger partial charge in [0.15, 0.2) is 5.58 Å². The molecule has 0 unspecified atom stereocenters. The third-order valence-electron chi connectivity index (χ3n) is 6.34. The van der Waals surface area contributed by atoms with Gasteiger partial charge in [-0.05, 0) is 80.0 Å². The Labute approximate surface area is 189 Å². The zero-order valence-electron chi connectivity index (χ0n) is 18.8. The highest BCUT2D eigenvalue weighted by atomic mass is 16.5. The van der Waals surface area contributed by atoms with Crippen LogP contribution in [-0.4, -0.2) is 61.2 Å². The summed E-state index contributed by atoms with van der Waals surface area (Å²) in [7, 11) is 2.21. The molecule has 3 aromatic carbocycles. The summed E-state index contributed by atoms with van der Waals surface area (Å²) < 4.78 is 11.9. The quantitative estimate of drug-likeness (QED) is 0.349. The second kappa shape index (κ2) is 9.72. The lowest BCUT2D eigenvalue weighted by Gasteiger charge is -2.32. The predicted octanol–water partition coefficient (Wildman–Crippen LogP) is 5.44. The second-order valence-electron chi connectivity index (χ2n) is 8.76. The number of aromatic nitrogens is 1. The Morgan fingerprint density at radius 3 is 2.56 bits per heavy atom. The summed E-state index contributed by atoms with van der Waals surface area (Å²) in [5.74, 6) is 1.59. The summed E-state index contributed by atoms with van der Waals surface area (Å²) in [5, 5.41) is 2.32. The van der Waals surface area contributed by atoms with E-state index in [1.807, 2.05) is 24.3 Å². The summed E-state index contributed by atoms with van der Waals surface area (Å²) >= 11 is 0. The number of hydrogen-bond acceptors (Lipinski definition) is 5. The van der Waals surface area contributed by atoms with E-state index in [-0.39, 0.29) is 0 Å². The van der Waals surface area contributed by atoms with Crippen LogP contribution in [0.25, 0.3) is 33.3 Å². The number of para-hydroxylation sites is 2. The van der Waals surface area contributed by atoms with Crippen LogP contribution in [0.5, 0.6) is 5.75 Å². The zero-order valence-corrected chi connectivity index (χ0v) is 18.8. The summed E-state index contributed by atoms with van der Waals surface area (Å²) in [6, 6.07) is 20.5. The minimum Gasteiger partial charge on any atom is -0.494 e. The molecule has 1 aliphatic rings. The Morgan fingerprint density at radius 2 is 1.69 bits per heavy atom. The third kappa shape index (κ3) is 4.95. The van der Waals surface area contributed by atoms with Gasteiger partial charge in [0.05, 0.1) is 6.61 Å². The molecule has 1 fully saturated rings. The van der Waals surface area contributed by atoms with Crippen molar-refractivity contribution in [3.63, 3.8) is 0 Å². The minimum atomic E-state index is 0.657. The van der Waals surface area contributed by atoms with E-state index in [2.05, 4.69) is 58.2 Å². The van der Waals surface area contributed by atoms with Gasteiger partial charge in [-0.25, -0.2) is 4.98 Å². The predicted molar refractivity (Wildman–Crippen MR) is 130 cm³/mol. The summed E-state index contributed by atoms with van der Waals surface area (Å²) in [6.07, 6.45) is 3.57. The first-order valence-corrected chi connectivity index (χ1v) is 11.7. The molecule has 1 aromatic heterocycles. The van der Waals surface area contributed by atoms with Gasteiger partial charge in [0.1, 0.15) is 11.3 Å². The number of hydrogen-bond donors (Lipinski definition) is 0. The van der Waals surface area contributed by atoms with Crippen LogP contribution in [0, 0.1) is 0 Å². The monoisotopic (exact) mass is 429 g/mol. The molecule has 5 rings (SSSR count). The maximum atomic E-state index is 6.02. The number of nitrogens with zero attached hydrogens (tertiary/aromatic N) is 3. The highest BCUT2D eigenvalue weighted by molar-refractivity contribution is 5.88.